The number of hydrogen-bond acceptors (Lipinski definition) is 6. The van der Waals surface area contributed by atoms with Gasteiger partial charge in [0.05, 0.1) is 23.2 Å². The normalized spacial score (nSPS) is 15.7. The highest BCUT2D eigenvalue weighted by molar-refractivity contribution is 7.92. The smallest absolute Gasteiger partial charge is 0.264 e. The number of hydrogen-bond donors (Lipinski definition) is 1. The van der Waals surface area contributed by atoms with Gasteiger partial charge in [0.25, 0.3) is 10.0 Å². The van der Waals surface area contributed by atoms with Crippen molar-refractivity contribution in [3.05, 3.63) is 40.8 Å². The van der Waals surface area contributed by atoms with Crippen LogP contribution in [0.5, 0.6) is 0 Å². The van der Waals surface area contributed by atoms with Gasteiger partial charge in [0.1, 0.15) is 11.2 Å². The molecule has 0 spiro atoms. The van der Waals surface area contributed by atoms with E-state index in [0.717, 1.165) is 19.6 Å². The summed E-state index contributed by atoms with van der Waals surface area (Å²) < 4.78 is 29.8. The van der Waals surface area contributed by atoms with E-state index in [4.69, 9.17) is 23.2 Å². The van der Waals surface area contributed by atoms with E-state index < -0.39 is 10.0 Å². The molecule has 0 bridgehead atoms. The number of benzene rings is 1. The second-order valence-electron chi connectivity index (χ2n) is 6.91. The highest BCUT2D eigenvalue weighted by Gasteiger charge is 2.21. The Kier molecular flexibility index (Phi) is 5.91. The molecule has 1 aliphatic rings. The zero-order chi connectivity index (χ0) is 20.4. The highest BCUT2D eigenvalue weighted by Crippen LogP contribution is 2.28. The lowest BCUT2D eigenvalue weighted by Gasteiger charge is -2.26. The van der Waals surface area contributed by atoms with Crippen LogP contribution in [0, 0.1) is 0 Å². The average Bonchev–Trinajstić information content (AvgIpc) is 3.11. The van der Waals surface area contributed by atoms with Crippen molar-refractivity contribution in [1.29, 1.82) is 0 Å². The Bertz CT molecular complexity index is 1130. The van der Waals surface area contributed by atoms with Gasteiger partial charge >= 0.3 is 0 Å². The van der Waals surface area contributed by atoms with Gasteiger partial charge in [0, 0.05) is 11.6 Å². The fourth-order valence-electron chi connectivity index (χ4n) is 3.43. The fraction of sp³-hybridized carbons (Fsp3) is 0.389. The third-order valence-corrected chi connectivity index (χ3v) is 6.98. The van der Waals surface area contributed by atoms with Gasteiger partial charge in [-0.3, -0.25) is 4.72 Å². The van der Waals surface area contributed by atoms with E-state index in [0.29, 0.717) is 22.6 Å². The summed E-state index contributed by atoms with van der Waals surface area (Å²) in [6, 6.07) is 4.20. The van der Waals surface area contributed by atoms with Crippen molar-refractivity contribution >= 4 is 50.1 Å². The van der Waals surface area contributed by atoms with E-state index in [9.17, 15) is 8.42 Å². The van der Waals surface area contributed by atoms with E-state index in [1.54, 1.807) is 10.9 Å². The van der Waals surface area contributed by atoms with Crippen LogP contribution >= 0.6 is 23.2 Å². The van der Waals surface area contributed by atoms with Crippen LogP contribution in [0.3, 0.4) is 0 Å². The number of rotatable bonds is 6. The Morgan fingerprint density at radius 2 is 1.86 bits per heavy atom. The summed E-state index contributed by atoms with van der Waals surface area (Å²) in [4.78, 5) is 10.7. The van der Waals surface area contributed by atoms with Crippen LogP contribution in [0.1, 0.15) is 19.3 Å². The third kappa shape index (κ3) is 4.48. The van der Waals surface area contributed by atoms with Gasteiger partial charge in [-0.1, -0.05) is 29.6 Å². The van der Waals surface area contributed by atoms with Crippen LogP contribution < -0.4 is 4.72 Å². The van der Waals surface area contributed by atoms with Gasteiger partial charge in [-0.25, -0.2) is 23.1 Å². The summed E-state index contributed by atoms with van der Waals surface area (Å²) >= 11 is 11.9. The van der Waals surface area contributed by atoms with Gasteiger partial charge in [-0.05, 0) is 44.1 Å². The molecule has 1 aromatic carbocycles. The standard InChI is InChI=1S/C18H20Cl2N6O2S/c19-13-4-5-16(15(20)10-13)29(27,28)24-17-14-11-23-26(18(14)22-12-21-17)9-8-25-6-2-1-3-7-25/h4-5,10-12H,1-3,6-9H2,(H,21,22,24). The second-order valence-corrected chi connectivity index (χ2v) is 9.40. The predicted molar refractivity (Wildman–Crippen MR) is 113 cm³/mol. The molecule has 4 rings (SSSR count). The SMILES string of the molecule is O=S(=O)(Nc1ncnc2c1cnn2CCN1CCCCC1)c1ccc(Cl)cc1Cl. The zero-order valence-electron chi connectivity index (χ0n) is 15.6. The number of aromatic nitrogens is 4. The molecule has 3 aromatic rings. The summed E-state index contributed by atoms with van der Waals surface area (Å²) in [5, 5.41) is 5.30. The molecule has 154 valence electrons. The van der Waals surface area contributed by atoms with Crippen molar-refractivity contribution in [3.8, 4) is 0 Å². The number of fused-ring (bicyclic) bond motifs is 1. The first-order chi connectivity index (χ1) is 13.9. The highest BCUT2D eigenvalue weighted by atomic mass is 35.5. The molecule has 0 atom stereocenters. The third-order valence-electron chi connectivity index (χ3n) is 4.92. The molecule has 1 N–H and O–H groups in total. The summed E-state index contributed by atoms with van der Waals surface area (Å²) in [6.45, 7) is 3.75. The number of anilines is 1. The van der Waals surface area contributed by atoms with Crippen LogP contribution in [0.4, 0.5) is 5.82 Å². The number of sulfonamides is 1. The first-order valence-corrected chi connectivity index (χ1v) is 11.5. The Labute approximate surface area is 178 Å². The molecule has 0 saturated carbocycles. The Hall–Kier alpha value is -1.94. The van der Waals surface area contributed by atoms with Crippen molar-refractivity contribution in [1.82, 2.24) is 24.6 Å². The molecule has 0 unspecified atom stereocenters. The molecular formula is C18H20Cl2N6O2S. The first kappa shape index (κ1) is 20.3. The lowest BCUT2D eigenvalue weighted by Crippen LogP contribution is -2.32. The van der Waals surface area contributed by atoms with E-state index in [1.165, 1.54) is 43.8 Å². The number of nitrogens with zero attached hydrogens (tertiary/aromatic N) is 5. The molecule has 1 saturated heterocycles. The molecule has 0 radical (unpaired) electrons. The molecule has 0 amide bonds. The van der Waals surface area contributed by atoms with E-state index in [1.807, 2.05) is 0 Å². The minimum absolute atomic E-state index is 0.0347. The molecule has 0 aliphatic carbocycles. The fourth-order valence-corrected chi connectivity index (χ4v) is 5.24. The number of piperidine rings is 1. The molecule has 11 heteroatoms. The van der Waals surface area contributed by atoms with Crippen LogP contribution in [-0.2, 0) is 16.6 Å². The van der Waals surface area contributed by atoms with Crippen LogP contribution in [-0.4, -0.2) is 52.7 Å². The molecule has 8 nitrogen and oxygen atoms in total. The average molecular weight is 455 g/mol. The Morgan fingerprint density at radius 3 is 2.62 bits per heavy atom. The van der Waals surface area contributed by atoms with Crippen LogP contribution in [0.2, 0.25) is 10.0 Å². The maximum atomic E-state index is 12.8. The lowest BCUT2D eigenvalue weighted by molar-refractivity contribution is 0.219. The monoisotopic (exact) mass is 454 g/mol. The van der Waals surface area contributed by atoms with Gasteiger partial charge in [0.15, 0.2) is 11.5 Å². The Morgan fingerprint density at radius 1 is 1.07 bits per heavy atom. The van der Waals surface area contributed by atoms with E-state index in [-0.39, 0.29) is 15.7 Å². The van der Waals surface area contributed by atoms with Crippen LogP contribution in [0.25, 0.3) is 11.0 Å². The largest absolute Gasteiger partial charge is 0.301 e. The number of likely N-dealkylation sites (tertiary alicyclic amines) is 1. The van der Waals surface area contributed by atoms with Gasteiger partial charge in [0.2, 0.25) is 0 Å². The predicted octanol–water partition coefficient (Wildman–Crippen LogP) is 3.42. The maximum absolute atomic E-state index is 12.8. The van der Waals surface area contributed by atoms with Crippen molar-refractivity contribution in [2.75, 3.05) is 24.4 Å². The van der Waals surface area contributed by atoms with Gasteiger partial charge < -0.3 is 4.90 Å². The number of nitrogens with one attached hydrogen (secondary N) is 1. The van der Waals surface area contributed by atoms with E-state index in [2.05, 4.69) is 24.7 Å². The molecular weight excluding hydrogens is 435 g/mol. The van der Waals surface area contributed by atoms with Gasteiger partial charge in [-0.15, -0.1) is 0 Å². The van der Waals surface area contributed by atoms with Gasteiger partial charge in [-0.2, -0.15) is 5.10 Å². The lowest BCUT2D eigenvalue weighted by atomic mass is 10.1. The summed E-state index contributed by atoms with van der Waals surface area (Å²) in [5.41, 5.74) is 0.580. The van der Waals surface area contributed by atoms with Crippen molar-refractivity contribution in [2.45, 2.75) is 30.7 Å². The van der Waals surface area contributed by atoms with Crippen LogP contribution in [0.15, 0.2) is 35.6 Å². The Balaban J connectivity index is 1.57. The maximum Gasteiger partial charge on any atom is 0.264 e. The minimum Gasteiger partial charge on any atom is -0.301 e. The minimum atomic E-state index is -3.95. The molecule has 3 heterocycles. The molecule has 1 aliphatic heterocycles. The number of halogens is 2. The van der Waals surface area contributed by atoms with Crippen molar-refractivity contribution in [3.63, 3.8) is 0 Å². The quantitative estimate of drug-likeness (QED) is 0.613. The van der Waals surface area contributed by atoms with Crippen molar-refractivity contribution in [2.24, 2.45) is 0 Å². The summed E-state index contributed by atoms with van der Waals surface area (Å²) in [6.07, 6.45) is 6.63. The summed E-state index contributed by atoms with van der Waals surface area (Å²) in [5.74, 6) is 0.158. The van der Waals surface area contributed by atoms with E-state index >= 15 is 0 Å². The first-order valence-electron chi connectivity index (χ1n) is 9.31. The van der Waals surface area contributed by atoms with Crippen molar-refractivity contribution < 1.29 is 8.42 Å². The molecule has 2 aromatic heterocycles. The second kappa shape index (κ2) is 8.43. The molecule has 1 fully saturated rings. The topological polar surface area (TPSA) is 93.0 Å². The molecule has 29 heavy (non-hydrogen) atoms. The summed E-state index contributed by atoms with van der Waals surface area (Å²) in [7, 11) is -3.95. The zero-order valence-corrected chi connectivity index (χ0v) is 17.9.